The van der Waals surface area contributed by atoms with Gasteiger partial charge in [-0.2, -0.15) is 0 Å². The van der Waals surface area contributed by atoms with Crippen molar-refractivity contribution >= 4 is 50.9 Å². The number of hydrogen-bond acceptors (Lipinski definition) is 2. The lowest BCUT2D eigenvalue weighted by Crippen LogP contribution is -2.24. The Morgan fingerprint density at radius 3 is 2.55 bits per heavy atom. The van der Waals surface area contributed by atoms with Gasteiger partial charge in [0, 0.05) is 33.4 Å². The fourth-order valence-electron chi connectivity index (χ4n) is 3.73. The van der Waals surface area contributed by atoms with Crippen LogP contribution in [-0.4, -0.2) is 15.9 Å². The van der Waals surface area contributed by atoms with Gasteiger partial charge in [-0.15, -0.1) is 0 Å². The number of halogens is 2. The summed E-state index contributed by atoms with van der Waals surface area (Å²) in [5, 5.41) is 6.09. The summed E-state index contributed by atoms with van der Waals surface area (Å²) in [6.07, 6.45) is 0. The van der Waals surface area contributed by atoms with Gasteiger partial charge in [-0.05, 0) is 35.9 Å². The topological polar surface area (TPSA) is 57.8 Å². The Labute approximate surface area is 188 Å². The predicted octanol–water partition coefficient (Wildman–Crippen LogP) is 6.62. The number of nitrogens with zero attached hydrogens (tertiary/aromatic N) is 1. The van der Waals surface area contributed by atoms with Crippen molar-refractivity contribution in [2.75, 3.05) is 0 Å². The molecule has 1 amide bonds. The molecule has 3 aromatic carbocycles. The standard InChI is InChI=1S/C25H17Cl2N3O/c26-16-7-5-6-15(12-16)14-28-25(31)22-13-19-17-8-2-4-11-21(17)29-24(19)23(30-22)18-9-1-3-10-20(18)27/h1-13,29H,14H2,(H,28,31). The lowest BCUT2D eigenvalue weighted by atomic mass is 10.1. The van der Waals surface area contributed by atoms with E-state index in [-0.39, 0.29) is 5.91 Å². The van der Waals surface area contributed by atoms with E-state index in [1.54, 1.807) is 6.07 Å². The van der Waals surface area contributed by atoms with Crippen molar-refractivity contribution in [1.82, 2.24) is 15.3 Å². The number of rotatable bonds is 4. The molecular formula is C25H17Cl2N3O. The molecule has 4 nitrogen and oxygen atoms in total. The lowest BCUT2D eigenvalue weighted by Gasteiger charge is -2.10. The summed E-state index contributed by atoms with van der Waals surface area (Å²) >= 11 is 12.5. The Morgan fingerprint density at radius 1 is 0.903 bits per heavy atom. The molecule has 0 aliphatic rings. The first-order valence-corrected chi connectivity index (χ1v) is 10.5. The molecule has 0 atom stereocenters. The highest BCUT2D eigenvalue weighted by Gasteiger charge is 2.18. The van der Waals surface area contributed by atoms with Crippen molar-refractivity contribution in [3.8, 4) is 11.3 Å². The van der Waals surface area contributed by atoms with E-state index in [2.05, 4.69) is 10.3 Å². The van der Waals surface area contributed by atoms with E-state index in [4.69, 9.17) is 28.2 Å². The third-order valence-corrected chi connectivity index (χ3v) is 5.76. The summed E-state index contributed by atoms with van der Waals surface area (Å²) in [5.41, 5.74) is 4.48. The van der Waals surface area contributed by atoms with Crippen molar-refractivity contribution in [1.29, 1.82) is 0 Å². The average molecular weight is 446 g/mol. The highest BCUT2D eigenvalue weighted by atomic mass is 35.5. The largest absolute Gasteiger partial charge is 0.353 e. The minimum absolute atomic E-state index is 0.263. The first-order valence-electron chi connectivity index (χ1n) is 9.79. The van der Waals surface area contributed by atoms with Gasteiger partial charge in [0.25, 0.3) is 5.91 Å². The molecule has 5 rings (SSSR count). The van der Waals surface area contributed by atoms with Gasteiger partial charge in [-0.25, -0.2) is 4.98 Å². The van der Waals surface area contributed by atoms with Crippen molar-refractivity contribution in [3.05, 3.63) is 100 Å². The molecule has 0 fully saturated rings. The predicted molar refractivity (Wildman–Crippen MR) is 127 cm³/mol. The summed E-state index contributed by atoms with van der Waals surface area (Å²) in [7, 11) is 0. The molecule has 0 bridgehead atoms. The Balaban J connectivity index is 1.62. The number of amides is 1. The maximum Gasteiger partial charge on any atom is 0.270 e. The number of fused-ring (bicyclic) bond motifs is 3. The Kier molecular flexibility index (Phi) is 5.10. The summed E-state index contributed by atoms with van der Waals surface area (Å²) in [5.74, 6) is -0.263. The van der Waals surface area contributed by atoms with Crippen LogP contribution in [0.5, 0.6) is 0 Å². The maximum atomic E-state index is 13.0. The molecular weight excluding hydrogens is 429 g/mol. The van der Waals surface area contributed by atoms with E-state index in [1.165, 1.54) is 0 Å². The molecule has 0 saturated carbocycles. The highest BCUT2D eigenvalue weighted by Crippen LogP contribution is 2.35. The van der Waals surface area contributed by atoms with Gasteiger partial charge in [0.05, 0.1) is 16.2 Å². The molecule has 2 aromatic heterocycles. The monoisotopic (exact) mass is 445 g/mol. The molecule has 0 aliphatic carbocycles. The number of hydrogen-bond donors (Lipinski definition) is 2. The molecule has 152 valence electrons. The first kappa shape index (κ1) is 19.6. The Bertz CT molecular complexity index is 1440. The average Bonchev–Trinajstić information content (AvgIpc) is 3.16. The van der Waals surface area contributed by atoms with Gasteiger partial charge in [0.2, 0.25) is 0 Å². The minimum Gasteiger partial charge on any atom is -0.353 e. The second-order valence-electron chi connectivity index (χ2n) is 7.24. The van der Waals surface area contributed by atoms with Crippen LogP contribution in [0.2, 0.25) is 10.0 Å². The van der Waals surface area contributed by atoms with Gasteiger partial charge in [0.1, 0.15) is 5.69 Å². The van der Waals surface area contributed by atoms with Crippen LogP contribution >= 0.6 is 23.2 Å². The maximum absolute atomic E-state index is 13.0. The highest BCUT2D eigenvalue weighted by molar-refractivity contribution is 6.33. The Morgan fingerprint density at radius 2 is 1.71 bits per heavy atom. The number of para-hydroxylation sites is 1. The van der Waals surface area contributed by atoms with Gasteiger partial charge in [-0.3, -0.25) is 4.79 Å². The number of aromatic nitrogens is 2. The summed E-state index contributed by atoms with van der Waals surface area (Å²) in [6, 6.07) is 24.7. The zero-order chi connectivity index (χ0) is 21.4. The van der Waals surface area contributed by atoms with Crippen LogP contribution in [0.1, 0.15) is 16.1 Å². The van der Waals surface area contributed by atoms with Crippen molar-refractivity contribution in [2.45, 2.75) is 6.54 Å². The van der Waals surface area contributed by atoms with E-state index in [9.17, 15) is 4.79 Å². The first-order chi connectivity index (χ1) is 15.1. The SMILES string of the molecule is O=C(NCc1cccc(Cl)c1)c1cc2c([nH]c3ccccc32)c(-c2ccccc2Cl)n1. The van der Waals surface area contributed by atoms with Crippen LogP contribution in [0.15, 0.2) is 78.9 Å². The van der Waals surface area contributed by atoms with Gasteiger partial charge in [0.15, 0.2) is 0 Å². The van der Waals surface area contributed by atoms with Crippen molar-refractivity contribution in [2.24, 2.45) is 0 Å². The van der Waals surface area contributed by atoms with E-state index in [0.29, 0.717) is 28.0 Å². The van der Waals surface area contributed by atoms with Gasteiger partial charge < -0.3 is 10.3 Å². The van der Waals surface area contributed by atoms with Crippen LogP contribution in [0.4, 0.5) is 0 Å². The van der Waals surface area contributed by atoms with E-state index in [0.717, 1.165) is 32.9 Å². The van der Waals surface area contributed by atoms with E-state index >= 15 is 0 Å². The zero-order valence-electron chi connectivity index (χ0n) is 16.3. The van der Waals surface area contributed by atoms with E-state index < -0.39 is 0 Å². The number of H-pyrrole nitrogens is 1. The Hall–Kier alpha value is -3.34. The van der Waals surface area contributed by atoms with Crippen LogP contribution < -0.4 is 5.32 Å². The number of carbonyl (C=O) groups is 1. The summed E-state index contributed by atoms with van der Waals surface area (Å²) < 4.78 is 0. The van der Waals surface area contributed by atoms with Crippen LogP contribution in [-0.2, 0) is 6.54 Å². The summed E-state index contributed by atoms with van der Waals surface area (Å²) in [6.45, 7) is 0.356. The third kappa shape index (κ3) is 3.76. The van der Waals surface area contributed by atoms with Gasteiger partial charge >= 0.3 is 0 Å². The zero-order valence-corrected chi connectivity index (χ0v) is 17.8. The smallest absolute Gasteiger partial charge is 0.270 e. The number of carbonyl (C=O) groups excluding carboxylic acids is 1. The summed E-state index contributed by atoms with van der Waals surface area (Å²) in [4.78, 5) is 21.2. The molecule has 6 heteroatoms. The van der Waals surface area contributed by atoms with Crippen molar-refractivity contribution in [3.63, 3.8) is 0 Å². The number of pyridine rings is 1. The van der Waals surface area contributed by atoms with Crippen LogP contribution in [0, 0.1) is 0 Å². The molecule has 5 aromatic rings. The number of aromatic amines is 1. The molecule has 0 spiro atoms. The fourth-order valence-corrected chi connectivity index (χ4v) is 4.17. The fraction of sp³-hybridized carbons (Fsp3) is 0.0400. The second-order valence-corrected chi connectivity index (χ2v) is 8.09. The second kappa shape index (κ2) is 8.06. The van der Waals surface area contributed by atoms with Crippen molar-refractivity contribution < 1.29 is 4.79 Å². The minimum atomic E-state index is -0.263. The molecule has 0 radical (unpaired) electrons. The van der Waals surface area contributed by atoms with E-state index in [1.807, 2.05) is 72.8 Å². The molecule has 0 unspecified atom stereocenters. The van der Waals surface area contributed by atoms with Crippen LogP contribution in [0.25, 0.3) is 33.1 Å². The van der Waals surface area contributed by atoms with Gasteiger partial charge in [-0.1, -0.05) is 71.7 Å². The number of nitrogens with one attached hydrogen (secondary N) is 2. The quantitative estimate of drug-likeness (QED) is 0.326. The molecule has 2 N–H and O–H groups in total. The normalized spacial score (nSPS) is 11.2. The number of benzene rings is 3. The van der Waals surface area contributed by atoms with Crippen LogP contribution in [0.3, 0.4) is 0 Å². The lowest BCUT2D eigenvalue weighted by molar-refractivity contribution is 0.0946. The molecule has 0 saturated heterocycles. The molecule has 31 heavy (non-hydrogen) atoms. The molecule has 2 heterocycles. The third-order valence-electron chi connectivity index (χ3n) is 5.20. The molecule has 0 aliphatic heterocycles.